The average Bonchev–Trinajstić information content (AvgIpc) is 3.67. The van der Waals surface area contributed by atoms with Gasteiger partial charge in [-0.2, -0.15) is 0 Å². The molecular weight excluding hydrogens is 1330 g/mol. The van der Waals surface area contributed by atoms with Crippen LogP contribution in [0.1, 0.15) is 548 Å². The molecule has 0 unspecified atom stereocenters. The molecule has 0 amide bonds. The number of carbonyl (C=O) groups is 5. The Kier molecular flexibility index (Phi) is 116. The minimum absolute atomic E-state index is 0. The molecule has 0 aromatic carbocycles. The fourth-order valence-corrected chi connectivity index (χ4v) is 13.2. The van der Waals surface area contributed by atoms with Crippen LogP contribution < -0.4 is 0 Å². The summed E-state index contributed by atoms with van der Waals surface area (Å²) in [5.74, 6) is -3.27. The van der Waals surface area contributed by atoms with Crippen molar-refractivity contribution in [1.82, 2.24) is 0 Å². The van der Waals surface area contributed by atoms with Gasteiger partial charge in [-0.1, -0.05) is 484 Å². The normalized spacial score (nSPS) is 10.7. The zero-order valence-corrected chi connectivity index (χ0v) is 71.0. The van der Waals surface area contributed by atoms with Crippen LogP contribution in [-0.4, -0.2) is 55.4 Å². The molecule has 0 aliphatic heterocycles. The SMILES string of the molecule is CCCCCCCCCCCCCCCCCC(=O)O.CCCCCCCCCCCCCCCCCC(=O)O.CCCCCCCCCCCCCCCCCC(=O)O.CCCCCCCCCCCCCCCCCC(=O)O.CCCCCCCCCCCCCCCCCC(=O)O.[Nb]. The van der Waals surface area contributed by atoms with E-state index in [9.17, 15) is 24.0 Å². The van der Waals surface area contributed by atoms with Gasteiger partial charge in [0.25, 0.3) is 0 Å². The number of hydrogen-bond acceptors (Lipinski definition) is 5. The van der Waals surface area contributed by atoms with E-state index in [1.165, 1.54) is 417 Å². The molecule has 0 saturated carbocycles. The maximum absolute atomic E-state index is 10.3. The van der Waals surface area contributed by atoms with Crippen LogP contribution in [0.3, 0.4) is 0 Å². The second-order valence-corrected chi connectivity index (χ2v) is 30.5. The minimum atomic E-state index is -0.653. The molecule has 0 aromatic heterocycles. The number of unbranched alkanes of at least 4 members (excludes halogenated alkanes) is 70. The van der Waals surface area contributed by atoms with Gasteiger partial charge in [0.05, 0.1) is 0 Å². The first-order valence-electron chi connectivity index (χ1n) is 44.9. The largest absolute Gasteiger partial charge is 0.481 e. The molecule has 0 aliphatic carbocycles. The van der Waals surface area contributed by atoms with Crippen LogP contribution in [0.15, 0.2) is 0 Å². The molecule has 0 bridgehead atoms. The zero-order chi connectivity index (χ0) is 74.5. The Morgan fingerprint density at radius 3 is 0.248 bits per heavy atom. The molecule has 0 saturated heterocycles. The van der Waals surface area contributed by atoms with Gasteiger partial charge in [0.1, 0.15) is 0 Å². The predicted molar refractivity (Wildman–Crippen MR) is 436 cm³/mol. The monoisotopic (exact) mass is 1510 g/mol. The van der Waals surface area contributed by atoms with Gasteiger partial charge >= 0.3 is 29.8 Å². The van der Waals surface area contributed by atoms with Gasteiger partial charge in [0.15, 0.2) is 0 Å². The molecule has 1 radical (unpaired) electrons. The smallest absolute Gasteiger partial charge is 0.303 e. The summed E-state index contributed by atoms with van der Waals surface area (Å²) < 4.78 is 0. The number of carboxylic acids is 5. The fourth-order valence-electron chi connectivity index (χ4n) is 13.2. The standard InChI is InChI=1S/5C18H36O2.Nb/c5*1-2-3-4-5-6-7-8-9-10-11-12-13-14-15-16-17-18(19)20;/h5*2-17H2,1H3,(H,19,20);. The fraction of sp³-hybridized carbons (Fsp3) is 0.944. The van der Waals surface area contributed by atoms with Gasteiger partial charge in [-0.25, -0.2) is 0 Å². The number of hydrogen-bond donors (Lipinski definition) is 5. The molecule has 0 rings (SSSR count). The molecular formula is C90H180NbO10. The maximum atomic E-state index is 10.3. The Labute approximate surface area is 646 Å². The molecule has 0 aromatic rings. The van der Waals surface area contributed by atoms with Gasteiger partial charge in [0, 0.05) is 54.5 Å². The third kappa shape index (κ3) is 131. The van der Waals surface area contributed by atoms with Crippen LogP contribution in [0.25, 0.3) is 0 Å². The summed E-state index contributed by atoms with van der Waals surface area (Å²) in [6, 6.07) is 0. The molecule has 605 valence electrons. The molecule has 11 heteroatoms. The van der Waals surface area contributed by atoms with Crippen LogP contribution in [0, 0.1) is 0 Å². The van der Waals surface area contributed by atoms with Crippen molar-refractivity contribution in [2.75, 3.05) is 0 Å². The van der Waals surface area contributed by atoms with Gasteiger partial charge < -0.3 is 25.5 Å². The van der Waals surface area contributed by atoms with E-state index < -0.39 is 29.8 Å². The Bertz CT molecular complexity index is 1270. The van der Waals surface area contributed by atoms with Gasteiger partial charge in [0.2, 0.25) is 0 Å². The van der Waals surface area contributed by atoms with Gasteiger partial charge in [-0.05, 0) is 32.1 Å². The van der Waals surface area contributed by atoms with Crippen LogP contribution in [0.4, 0.5) is 0 Å². The Morgan fingerprint density at radius 2 is 0.188 bits per heavy atom. The van der Waals surface area contributed by atoms with E-state index in [2.05, 4.69) is 34.6 Å². The van der Waals surface area contributed by atoms with Crippen LogP contribution in [0.2, 0.25) is 0 Å². The van der Waals surface area contributed by atoms with E-state index >= 15 is 0 Å². The number of rotatable bonds is 80. The zero-order valence-electron chi connectivity index (χ0n) is 68.8. The summed E-state index contributed by atoms with van der Waals surface area (Å²) in [4.78, 5) is 51.7. The molecule has 0 aliphatic rings. The molecule has 0 heterocycles. The van der Waals surface area contributed by atoms with E-state index in [-0.39, 0.29) is 22.4 Å². The van der Waals surface area contributed by atoms with E-state index in [1.54, 1.807) is 0 Å². The molecule has 0 spiro atoms. The Hall–Kier alpha value is -1.91. The van der Waals surface area contributed by atoms with Gasteiger partial charge in [-0.15, -0.1) is 0 Å². The van der Waals surface area contributed by atoms with Crippen LogP contribution in [0.5, 0.6) is 0 Å². The van der Waals surface area contributed by atoms with Gasteiger partial charge in [-0.3, -0.25) is 24.0 Å². The van der Waals surface area contributed by atoms with E-state index in [4.69, 9.17) is 25.5 Å². The first-order valence-corrected chi connectivity index (χ1v) is 44.9. The van der Waals surface area contributed by atoms with E-state index in [0.29, 0.717) is 32.1 Å². The average molecular weight is 1520 g/mol. The number of carboxylic acid groups (broad SMARTS) is 5. The molecule has 5 N–H and O–H groups in total. The maximum Gasteiger partial charge on any atom is 0.303 e. The third-order valence-electron chi connectivity index (χ3n) is 20.0. The van der Waals surface area contributed by atoms with Crippen LogP contribution >= 0.6 is 0 Å². The second-order valence-electron chi connectivity index (χ2n) is 30.5. The Morgan fingerprint density at radius 1 is 0.129 bits per heavy atom. The van der Waals surface area contributed by atoms with Crippen molar-refractivity contribution in [3.05, 3.63) is 0 Å². The summed E-state index contributed by atoms with van der Waals surface area (Å²) in [6.07, 6.45) is 101. The van der Waals surface area contributed by atoms with Crippen molar-refractivity contribution in [2.45, 2.75) is 548 Å². The molecule has 10 nitrogen and oxygen atoms in total. The summed E-state index contributed by atoms with van der Waals surface area (Å²) in [6.45, 7) is 11.4. The van der Waals surface area contributed by atoms with Crippen molar-refractivity contribution in [3.63, 3.8) is 0 Å². The van der Waals surface area contributed by atoms with Crippen molar-refractivity contribution in [2.24, 2.45) is 0 Å². The van der Waals surface area contributed by atoms with Crippen LogP contribution in [-0.2, 0) is 46.4 Å². The molecule has 0 atom stereocenters. The van der Waals surface area contributed by atoms with Crippen molar-refractivity contribution < 1.29 is 71.9 Å². The summed E-state index contributed by atoms with van der Waals surface area (Å²) in [7, 11) is 0. The first kappa shape index (κ1) is 110. The number of aliphatic carboxylic acids is 5. The first-order chi connectivity index (χ1) is 48.9. The topological polar surface area (TPSA) is 186 Å². The van der Waals surface area contributed by atoms with Crippen molar-refractivity contribution in [1.29, 1.82) is 0 Å². The third-order valence-corrected chi connectivity index (χ3v) is 20.0. The van der Waals surface area contributed by atoms with E-state index in [1.807, 2.05) is 0 Å². The van der Waals surface area contributed by atoms with Crippen molar-refractivity contribution >= 4 is 29.8 Å². The summed E-state index contributed by atoms with van der Waals surface area (Å²) >= 11 is 0. The van der Waals surface area contributed by atoms with Crippen molar-refractivity contribution in [3.8, 4) is 0 Å². The summed E-state index contributed by atoms with van der Waals surface area (Å²) in [5, 5.41) is 42.6. The minimum Gasteiger partial charge on any atom is -0.481 e. The summed E-state index contributed by atoms with van der Waals surface area (Å²) in [5.41, 5.74) is 0. The Balaban J connectivity index is -0.000000279. The predicted octanol–water partition coefficient (Wildman–Crippen LogP) is 31.7. The molecule has 101 heavy (non-hydrogen) atoms. The quantitative estimate of drug-likeness (QED) is 0.0290. The molecule has 0 fully saturated rings. The van der Waals surface area contributed by atoms with E-state index in [0.717, 1.165) is 64.2 Å². The second kappa shape index (κ2) is 107.